The molecule has 0 unspecified atom stereocenters. The molecule has 0 spiro atoms. The van der Waals surface area contributed by atoms with Crippen LogP contribution in [0.15, 0.2) is 12.4 Å². The van der Waals surface area contributed by atoms with Gasteiger partial charge in [0.1, 0.15) is 11.9 Å². The molecule has 0 fully saturated rings. The van der Waals surface area contributed by atoms with Crippen LogP contribution in [0.25, 0.3) is 0 Å². The highest BCUT2D eigenvalue weighted by Crippen LogP contribution is 2.13. The van der Waals surface area contributed by atoms with Crippen LogP contribution in [0, 0.1) is 5.92 Å². The summed E-state index contributed by atoms with van der Waals surface area (Å²) in [5.41, 5.74) is 0. The summed E-state index contributed by atoms with van der Waals surface area (Å²) in [6.45, 7) is 5.98. The molecule has 0 aliphatic heterocycles. The predicted octanol–water partition coefficient (Wildman–Crippen LogP) is 1.40. The highest BCUT2D eigenvalue weighted by molar-refractivity contribution is 5.77. The van der Waals surface area contributed by atoms with E-state index in [1.807, 2.05) is 20.8 Å². The van der Waals surface area contributed by atoms with Crippen LogP contribution in [0.2, 0.25) is 0 Å². The second kappa shape index (κ2) is 6.03. The standard InChI is InChI=1S/C11H17N3O3/c1-4-17-9-6-12-5-8(13-9)14-10(7(2)3)11(15)16/h5-7,10H,4H2,1-3H3,(H,13,14)(H,15,16)/t10-/m1/s1. The van der Waals surface area contributed by atoms with E-state index in [9.17, 15) is 4.79 Å². The molecule has 0 aliphatic rings. The van der Waals surface area contributed by atoms with Crippen LogP contribution in [-0.4, -0.2) is 33.7 Å². The lowest BCUT2D eigenvalue weighted by Crippen LogP contribution is -2.34. The number of nitrogens with zero attached hydrogens (tertiary/aromatic N) is 2. The summed E-state index contributed by atoms with van der Waals surface area (Å²) in [5, 5.41) is 11.9. The van der Waals surface area contributed by atoms with Gasteiger partial charge in [-0.25, -0.2) is 4.79 Å². The van der Waals surface area contributed by atoms with Crippen LogP contribution in [0.5, 0.6) is 5.88 Å². The van der Waals surface area contributed by atoms with Gasteiger partial charge in [0.2, 0.25) is 5.88 Å². The fourth-order valence-electron chi connectivity index (χ4n) is 1.31. The minimum absolute atomic E-state index is 0.0509. The van der Waals surface area contributed by atoms with E-state index in [-0.39, 0.29) is 5.92 Å². The van der Waals surface area contributed by atoms with Gasteiger partial charge < -0.3 is 15.2 Å². The number of hydrogen-bond donors (Lipinski definition) is 2. The van der Waals surface area contributed by atoms with E-state index in [1.165, 1.54) is 12.4 Å². The SMILES string of the molecule is CCOc1cncc(N[C@@H](C(=O)O)C(C)C)n1. The zero-order valence-electron chi connectivity index (χ0n) is 10.2. The predicted molar refractivity (Wildman–Crippen MR) is 63.1 cm³/mol. The minimum atomic E-state index is -0.913. The first-order chi connectivity index (χ1) is 8.04. The number of carboxylic acid groups (broad SMARTS) is 1. The molecular formula is C11H17N3O3. The number of rotatable bonds is 6. The molecule has 6 heteroatoms. The van der Waals surface area contributed by atoms with E-state index in [0.717, 1.165) is 0 Å². The van der Waals surface area contributed by atoms with Gasteiger partial charge in [0.15, 0.2) is 0 Å². The number of aliphatic carboxylic acids is 1. The Morgan fingerprint density at radius 1 is 1.53 bits per heavy atom. The molecule has 0 aromatic carbocycles. The van der Waals surface area contributed by atoms with E-state index in [0.29, 0.717) is 18.3 Å². The van der Waals surface area contributed by atoms with Gasteiger partial charge in [0, 0.05) is 0 Å². The summed E-state index contributed by atoms with van der Waals surface area (Å²) < 4.78 is 5.19. The largest absolute Gasteiger partial charge is 0.480 e. The first-order valence-electron chi connectivity index (χ1n) is 5.48. The zero-order valence-corrected chi connectivity index (χ0v) is 10.2. The third kappa shape index (κ3) is 3.90. The number of nitrogens with one attached hydrogen (secondary N) is 1. The number of aromatic nitrogens is 2. The second-order valence-corrected chi connectivity index (χ2v) is 3.88. The third-order valence-corrected chi connectivity index (χ3v) is 2.14. The van der Waals surface area contributed by atoms with Gasteiger partial charge in [0.25, 0.3) is 0 Å². The van der Waals surface area contributed by atoms with Crippen molar-refractivity contribution in [2.75, 3.05) is 11.9 Å². The summed E-state index contributed by atoms with van der Waals surface area (Å²) in [6, 6.07) is -0.693. The topological polar surface area (TPSA) is 84.3 Å². The molecule has 0 radical (unpaired) electrons. The fourth-order valence-corrected chi connectivity index (χ4v) is 1.31. The van der Waals surface area contributed by atoms with Crippen molar-refractivity contribution in [3.05, 3.63) is 12.4 Å². The van der Waals surface area contributed by atoms with Gasteiger partial charge in [-0.2, -0.15) is 4.98 Å². The highest BCUT2D eigenvalue weighted by atomic mass is 16.5. The summed E-state index contributed by atoms with van der Waals surface area (Å²) in [6.07, 6.45) is 2.96. The van der Waals surface area contributed by atoms with Crippen molar-refractivity contribution < 1.29 is 14.6 Å². The lowest BCUT2D eigenvalue weighted by Gasteiger charge is -2.18. The Morgan fingerprint density at radius 3 is 2.76 bits per heavy atom. The van der Waals surface area contributed by atoms with Crippen molar-refractivity contribution in [1.29, 1.82) is 0 Å². The van der Waals surface area contributed by atoms with Crippen molar-refractivity contribution in [1.82, 2.24) is 9.97 Å². The molecule has 2 N–H and O–H groups in total. The molecule has 1 aromatic heterocycles. The van der Waals surface area contributed by atoms with Crippen molar-refractivity contribution in [3.8, 4) is 5.88 Å². The Balaban J connectivity index is 2.78. The molecular weight excluding hydrogens is 222 g/mol. The Morgan fingerprint density at radius 2 is 2.24 bits per heavy atom. The lowest BCUT2D eigenvalue weighted by atomic mass is 10.1. The van der Waals surface area contributed by atoms with E-state index in [1.54, 1.807) is 0 Å². The maximum atomic E-state index is 11.0. The maximum absolute atomic E-state index is 11.0. The summed E-state index contributed by atoms with van der Waals surface area (Å²) in [7, 11) is 0. The maximum Gasteiger partial charge on any atom is 0.326 e. The molecule has 94 valence electrons. The Hall–Kier alpha value is -1.85. The number of anilines is 1. The quantitative estimate of drug-likeness (QED) is 0.780. The fraction of sp³-hybridized carbons (Fsp3) is 0.545. The molecule has 0 saturated heterocycles. The number of ether oxygens (including phenoxy) is 1. The molecule has 17 heavy (non-hydrogen) atoms. The lowest BCUT2D eigenvalue weighted by molar-refractivity contribution is -0.138. The van der Waals surface area contributed by atoms with Crippen LogP contribution in [0.1, 0.15) is 20.8 Å². The van der Waals surface area contributed by atoms with E-state index in [2.05, 4.69) is 15.3 Å². The summed E-state index contributed by atoms with van der Waals surface area (Å²) in [5.74, 6) is -0.184. The van der Waals surface area contributed by atoms with Crippen molar-refractivity contribution in [2.24, 2.45) is 5.92 Å². The molecule has 1 heterocycles. The van der Waals surface area contributed by atoms with Crippen LogP contribution in [0.3, 0.4) is 0 Å². The monoisotopic (exact) mass is 239 g/mol. The Labute approximate surface area is 100 Å². The highest BCUT2D eigenvalue weighted by Gasteiger charge is 2.21. The molecule has 0 saturated carbocycles. The number of carbonyl (C=O) groups is 1. The average molecular weight is 239 g/mol. The summed E-state index contributed by atoms with van der Waals surface area (Å²) in [4.78, 5) is 19.1. The van der Waals surface area contributed by atoms with Gasteiger partial charge in [-0.3, -0.25) is 4.98 Å². The molecule has 0 bridgehead atoms. The van der Waals surface area contributed by atoms with Crippen LogP contribution in [-0.2, 0) is 4.79 Å². The van der Waals surface area contributed by atoms with Gasteiger partial charge in [-0.1, -0.05) is 13.8 Å². The molecule has 1 aromatic rings. The van der Waals surface area contributed by atoms with Crippen LogP contribution < -0.4 is 10.1 Å². The Bertz CT molecular complexity index is 382. The molecule has 1 atom stereocenters. The average Bonchev–Trinajstić information content (AvgIpc) is 2.26. The Kier molecular flexibility index (Phi) is 4.68. The number of hydrogen-bond acceptors (Lipinski definition) is 5. The smallest absolute Gasteiger partial charge is 0.326 e. The van der Waals surface area contributed by atoms with E-state index < -0.39 is 12.0 Å². The summed E-state index contributed by atoms with van der Waals surface area (Å²) >= 11 is 0. The number of carboxylic acids is 1. The molecule has 0 amide bonds. The van der Waals surface area contributed by atoms with E-state index >= 15 is 0 Å². The van der Waals surface area contributed by atoms with Crippen LogP contribution >= 0.6 is 0 Å². The zero-order chi connectivity index (χ0) is 12.8. The minimum Gasteiger partial charge on any atom is -0.480 e. The van der Waals surface area contributed by atoms with Crippen molar-refractivity contribution in [2.45, 2.75) is 26.8 Å². The van der Waals surface area contributed by atoms with Gasteiger partial charge in [0.05, 0.1) is 19.0 Å². The molecule has 6 nitrogen and oxygen atoms in total. The van der Waals surface area contributed by atoms with Crippen LogP contribution in [0.4, 0.5) is 5.82 Å². The second-order valence-electron chi connectivity index (χ2n) is 3.88. The third-order valence-electron chi connectivity index (χ3n) is 2.14. The normalized spacial score (nSPS) is 12.2. The van der Waals surface area contributed by atoms with Gasteiger partial charge in [-0.05, 0) is 12.8 Å². The first kappa shape index (κ1) is 13.2. The first-order valence-corrected chi connectivity index (χ1v) is 5.48. The van der Waals surface area contributed by atoms with Crippen molar-refractivity contribution >= 4 is 11.8 Å². The van der Waals surface area contributed by atoms with Gasteiger partial charge >= 0.3 is 5.97 Å². The van der Waals surface area contributed by atoms with E-state index in [4.69, 9.17) is 9.84 Å². The van der Waals surface area contributed by atoms with Gasteiger partial charge in [-0.15, -0.1) is 0 Å². The molecule has 0 aliphatic carbocycles. The molecule has 1 rings (SSSR count). The van der Waals surface area contributed by atoms with Crippen molar-refractivity contribution in [3.63, 3.8) is 0 Å².